The van der Waals surface area contributed by atoms with Crippen LogP contribution in [0, 0.1) is 0 Å². The molecular weight excluding hydrogens is 414 g/mol. The van der Waals surface area contributed by atoms with Crippen LogP contribution < -0.4 is 14.2 Å². The number of rotatable bonds is 8. The summed E-state index contributed by atoms with van der Waals surface area (Å²) < 4.78 is 16.3. The molecule has 1 heterocycles. The lowest BCUT2D eigenvalue weighted by Crippen LogP contribution is -2.32. The number of para-hydroxylation sites is 2. The number of halogens is 1. The molecule has 0 bridgehead atoms. The number of amides is 2. The van der Waals surface area contributed by atoms with Gasteiger partial charge in [0.2, 0.25) is 0 Å². The monoisotopic (exact) mass is 433 g/mol. The highest BCUT2D eigenvalue weighted by Gasteiger charge is 2.34. The molecule has 0 aliphatic carbocycles. The zero-order valence-electron chi connectivity index (χ0n) is 16.0. The molecule has 29 heavy (non-hydrogen) atoms. The molecule has 1 fully saturated rings. The minimum Gasteiger partial charge on any atom is -0.493 e. The van der Waals surface area contributed by atoms with Crippen LogP contribution in [0.1, 0.15) is 12.5 Å². The maximum Gasteiger partial charge on any atom is 0.293 e. The van der Waals surface area contributed by atoms with E-state index in [-0.39, 0.29) is 24.3 Å². The molecule has 0 aromatic heterocycles. The van der Waals surface area contributed by atoms with E-state index in [1.165, 1.54) is 4.90 Å². The molecule has 2 amide bonds. The molecule has 0 atom stereocenters. The van der Waals surface area contributed by atoms with Crippen molar-refractivity contribution in [3.63, 3.8) is 0 Å². The summed E-state index contributed by atoms with van der Waals surface area (Å²) in [6.07, 6.45) is 1.65. The molecule has 0 unspecified atom stereocenters. The smallest absolute Gasteiger partial charge is 0.293 e. The molecule has 0 saturated carbocycles. The van der Waals surface area contributed by atoms with E-state index in [9.17, 15) is 9.59 Å². The Morgan fingerprint density at radius 3 is 2.52 bits per heavy atom. The molecule has 0 N–H and O–H groups in total. The molecule has 1 saturated heterocycles. The van der Waals surface area contributed by atoms with E-state index >= 15 is 0 Å². The molecule has 3 rings (SSSR count). The fourth-order valence-electron chi connectivity index (χ4n) is 2.71. The van der Waals surface area contributed by atoms with Crippen molar-refractivity contribution in [1.29, 1.82) is 0 Å². The zero-order chi connectivity index (χ0) is 20.8. The molecule has 1 aliphatic rings. The van der Waals surface area contributed by atoms with Gasteiger partial charge in [-0.25, -0.2) is 0 Å². The summed E-state index contributed by atoms with van der Waals surface area (Å²) in [4.78, 5) is 26.4. The second-order valence-corrected chi connectivity index (χ2v) is 7.36. The van der Waals surface area contributed by atoms with Crippen LogP contribution in [-0.4, -0.2) is 42.9 Å². The number of benzene rings is 2. The van der Waals surface area contributed by atoms with Crippen LogP contribution in [0.2, 0.25) is 5.02 Å². The van der Waals surface area contributed by atoms with Crippen LogP contribution in [0.5, 0.6) is 17.2 Å². The van der Waals surface area contributed by atoms with Crippen molar-refractivity contribution in [2.75, 3.05) is 26.9 Å². The van der Waals surface area contributed by atoms with Gasteiger partial charge in [-0.15, -0.1) is 0 Å². The summed E-state index contributed by atoms with van der Waals surface area (Å²) in [6.45, 7) is 2.69. The van der Waals surface area contributed by atoms with Gasteiger partial charge in [0, 0.05) is 0 Å². The van der Waals surface area contributed by atoms with Crippen LogP contribution in [0.3, 0.4) is 0 Å². The van der Waals surface area contributed by atoms with Crippen molar-refractivity contribution >= 4 is 40.6 Å². The van der Waals surface area contributed by atoms with Crippen LogP contribution in [0.4, 0.5) is 4.79 Å². The Bertz CT molecular complexity index is 946. The van der Waals surface area contributed by atoms with Gasteiger partial charge in [0.15, 0.2) is 11.5 Å². The normalized spacial score (nSPS) is 15.1. The van der Waals surface area contributed by atoms with Crippen molar-refractivity contribution in [3.8, 4) is 17.2 Å². The minimum atomic E-state index is -0.353. The lowest BCUT2D eigenvalue weighted by molar-refractivity contribution is -0.123. The van der Waals surface area contributed by atoms with Gasteiger partial charge in [0.25, 0.3) is 11.1 Å². The average molecular weight is 434 g/mol. The van der Waals surface area contributed by atoms with Crippen LogP contribution in [0.15, 0.2) is 47.4 Å². The molecule has 2 aromatic rings. The Hall–Kier alpha value is -2.64. The van der Waals surface area contributed by atoms with Gasteiger partial charge in [0.05, 0.1) is 30.2 Å². The first-order valence-electron chi connectivity index (χ1n) is 8.97. The molecule has 152 valence electrons. The van der Waals surface area contributed by atoms with Crippen LogP contribution in [0.25, 0.3) is 6.08 Å². The molecule has 2 aromatic carbocycles. The van der Waals surface area contributed by atoms with E-state index in [1.807, 2.05) is 19.1 Å². The molecule has 0 radical (unpaired) electrons. The number of nitrogens with zero attached hydrogens (tertiary/aromatic N) is 1. The number of hydrogen-bond acceptors (Lipinski definition) is 6. The quantitative estimate of drug-likeness (QED) is 0.554. The number of carbonyl (C=O) groups excluding carboxylic acids is 2. The van der Waals surface area contributed by atoms with E-state index in [2.05, 4.69) is 0 Å². The van der Waals surface area contributed by atoms with Gasteiger partial charge in [-0.1, -0.05) is 29.8 Å². The van der Waals surface area contributed by atoms with Gasteiger partial charge in [-0.05, 0) is 54.6 Å². The fourth-order valence-corrected chi connectivity index (χ4v) is 3.82. The van der Waals surface area contributed by atoms with Crippen LogP contribution >= 0.6 is 23.4 Å². The Kier molecular flexibility index (Phi) is 7.06. The highest BCUT2D eigenvalue weighted by atomic mass is 35.5. The lowest BCUT2D eigenvalue weighted by atomic mass is 10.2. The lowest BCUT2D eigenvalue weighted by Gasteiger charge is -2.14. The van der Waals surface area contributed by atoms with E-state index in [0.717, 1.165) is 11.8 Å². The molecule has 1 aliphatic heterocycles. The van der Waals surface area contributed by atoms with Crippen molar-refractivity contribution in [1.82, 2.24) is 4.90 Å². The Morgan fingerprint density at radius 1 is 1.07 bits per heavy atom. The predicted molar refractivity (Wildman–Crippen MR) is 114 cm³/mol. The first-order valence-corrected chi connectivity index (χ1v) is 10.2. The Morgan fingerprint density at radius 2 is 1.83 bits per heavy atom. The minimum absolute atomic E-state index is 0.143. The van der Waals surface area contributed by atoms with Crippen molar-refractivity contribution in [3.05, 3.63) is 58.0 Å². The number of methoxy groups -OCH3 is 1. The summed E-state index contributed by atoms with van der Waals surface area (Å²) in [7, 11) is 1.55. The third-order valence-electron chi connectivity index (χ3n) is 4.07. The first kappa shape index (κ1) is 21.1. The van der Waals surface area contributed by atoms with Crippen molar-refractivity contribution in [2.45, 2.75) is 6.92 Å². The number of thioether (sulfide) groups is 1. The Labute approximate surface area is 178 Å². The van der Waals surface area contributed by atoms with E-state index in [4.69, 9.17) is 25.8 Å². The summed E-state index contributed by atoms with van der Waals surface area (Å²) in [5.74, 6) is 1.37. The van der Waals surface area contributed by atoms with Gasteiger partial charge in [-0.2, -0.15) is 0 Å². The summed E-state index contributed by atoms with van der Waals surface area (Å²) in [6, 6.07) is 12.4. The third-order valence-corrected chi connectivity index (χ3v) is 5.27. The fraction of sp³-hybridized carbons (Fsp3) is 0.238. The first-order chi connectivity index (χ1) is 14.0. The Balaban J connectivity index is 1.65. The van der Waals surface area contributed by atoms with Gasteiger partial charge >= 0.3 is 0 Å². The molecule has 6 nitrogen and oxygen atoms in total. The third kappa shape index (κ3) is 5.05. The maximum absolute atomic E-state index is 12.6. The van der Waals surface area contributed by atoms with E-state index < -0.39 is 0 Å². The highest BCUT2D eigenvalue weighted by Crippen LogP contribution is 2.34. The average Bonchev–Trinajstić information content (AvgIpc) is 2.98. The number of hydrogen-bond donors (Lipinski definition) is 0. The van der Waals surface area contributed by atoms with Crippen molar-refractivity contribution in [2.24, 2.45) is 0 Å². The van der Waals surface area contributed by atoms with E-state index in [1.54, 1.807) is 43.5 Å². The molecular formula is C21H20ClNO5S. The van der Waals surface area contributed by atoms with E-state index in [0.29, 0.717) is 39.3 Å². The summed E-state index contributed by atoms with van der Waals surface area (Å²) in [5, 5.41) is 0.118. The van der Waals surface area contributed by atoms with Gasteiger partial charge in [-0.3, -0.25) is 14.5 Å². The van der Waals surface area contributed by atoms with Gasteiger partial charge < -0.3 is 14.2 Å². The largest absolute Gasteiger partial charge is 0.493 e. The van der Waals surface area contributed by atoms with Crippen LogP contribution in [-0.2, 0) is 4.79 Å². The number of carbonyl (C=O) groups is 2. The molecule has 8 heteroatoms. The second kappa shape index (κ2) is 9.71. The number of imide groups is 1. The zero-order valence-corrected chi connectivity index (χ0v) is 17.6. The summed E-state index contributed by atoms with van der Waals surface area (Å²) in [5.41, 5.74) is 0.717. The SMILES string of the molecule is CCOc1ccc(/C=C2\SC(=O)N(CCOc3ccccc3OC)C2=O)cc1Cl. The van der Waals surface area contributed by atoms with Gasteiger partial charge in [0.1, 0.15) is 12.4 Å². The standard InChI is InChI=1S/C21H20ClNO5S/c1-3-27-16-9-8-14(12-15(16)22)13-19-20(24)23(21(25)29-19)10-11-28-18-7-5-4-6-17(18)26-2/h4-9,12-13H,3,10-11H2,1-2H3/b19-13-. The predicted octanol–water partition coefficient (Wildman–Crippen LogP) is 4.86. The van der Waals surface area contributed by atoms with Crippen molar-refractivity contribution < 1.29 is 23.8 Å². The number of ether oxygens (including phenoxy) is 3. The summed E-state index contributed by atoms with van der Waals surface area (Å²) >= 11 is 7.08. The topological polar surface area (TPSA) is 65.1 Å². The highest BCUT2D eigenvalue weighted by molar-refractivity contribution is 8.18. The second-order valence-electron chi connectivity index (χ2n) is 5.96. The maximum atomic E-state index is 12.6. The molecule has 0 spiro atoms.